The minimum absolute atomic E-state index is 0.0128. The number of nitriles is 1. The van der Waals surface area contributed by atoms with E-state index in [1.54, 1.807) is 36.4 Å². The lowest BCUT2D eigenvalue weighted by Crippen LogP contribution is -2.14. The fourth-order valence-electron chi connectivity index (χ4n) is 3.33. The molecule has 0 aromatic heterocycles. The van der Waals surface area contributed by atoms with E-state index < -0.39 is 17.9 Å². The topological polar surface area (TPSA) is 59.3 Å². The van der Waals surface area contributed by atoms with Crippen molar-refractivity contribution in [2.75, 3.05) is 0 Å². The summed E-state index contributed by atoms with van der Waals surface area (Å²) in [6, 6.07) is 14.6. The quantitative estimate of drug-likeness (QED) is 0.399. The smallest absolute Gasteiger partial charge is 0.311 e. The van der Waals surface area contributed by atoms with Crippen LogP contribution in [0, 0.1) is 34.4 Å². The van der Waals surface area contributed by atoms with Crippen molar-refractivity contribution in [3.8, 4) is 17.6 Å². The number of benzene rings is 2. The lowest BCUT2D eigenvalue weighted by atomic mass is 10.1. The maximum absolute atomic E-state index is 13.8. The molecule has 0 bridgehead atoms. The van der Waals surface area contributed by atoms with Gasteiger partial charge >= 0.3 is 5.97 Å². The predicted octanol–water partition coefficient (Wildman–Crippen LogP) is 6.63. The molecule has 7 heteroatoms. The molecular formula is C22H18Br2FNO3. The summed E-state index contributed by atoms with van der Waals surface area (Å²) < 4.78 is 25.6. The zero-order valence-electron chi connectivity index (χ0n) is 15.7. The number of hydrogen-bond acceptors (Lipinski definition) is 4. The van der Waals surface area contributed by atoms with Gasteiger partial charge < -0.3 is 9.47 Å². The number of carbonyl (C=O) groups excluding carboxylic acids is 1. The highest BCUT2D eigenvalue weighted by molar-refractivity contribution is 9.28. The van der Waals surface area contributed by atoms with Crippen molar-refractivity contribution in [3.63, 3.8) is 0 Å². The Morgan fingerprint density at radius 2 is 1.97 bits per heavy atom. The van der Waals surface area contributed by atoms with Gasteiger partial charge in [0, 0.05) is 5.56 Å². The van der Waals surface area contributed by atoms with Crippen LogP contribution in [0.3, 0.4) is 0 Å². The fraction of sp³-hybridized carbons (Fsp3) is 0.273. The molecule has 3 unspecified atom stereocenters. The number of rotatable bonds is 6. The van der Waals surface area contributed by atoms with E-state index in [-0.39, 0.29) is 23.0 Å². The van der Waals surface area contributed by atoms with Crippen LogP contribution in [0.4, 0.5) is 4.39 Å². The third-order valence-corrected chi connectivity index (χ3v) is 5.58. The standard InChI is InChI=1S/C22H18Br2FNO3/c1-22(2)15(11-19(23)24)20(22)21(27)29-18(12-26)13-6-5-7-14(10-13)28-17-9-4-3-8-16(17)25/h3-11,15,18,20H,1-2H3. The first-order chi connectivity index (χ1) is 13.7. The van der Waals surface area contributed by atoms with Crippen molar-refractivity contribution in [1.82, 2.24) is 0 Å². The van der Waals surface area contributed by atoms with Crippen LogP contribution < -0.4 is 4.74 Å². The number of esters is 1. The second-order valence-corrected chi connectivity index (χ2v) is 10.1. The van der Waals surface area contributed by atoms with Crippen molar-refractivity contribution >= 4 is 37.8 Å². The van der Waals surface area contributed by atoms with Crippen LogP contribution in [0.15, 0.2) is 58.0 Å². The normalized spacial score (nSPS) is 20.1. The molecule has 4 nitrogen and oxygen atoms in total. The monoisotopic (exact) mass is 521 g/mol. The van der Waals surface area contributed by atoms with Crippen LogP contribution in [0.1, 0.15) is 25.5 Å². The van der Waals surface area contributed by atoms with Crippen LogP contribution in [0.2, 0.25) is 0 Å². The largest absolute Gasteiger partial charge is 0.454 e. The molecule has 1 fully saturated rings. The summed E-state index contributed by atoms with van der Waals surface area (Å²) in [7, 11) is 0. The molecule has 0 aliphatic heterocycles. The van der Waals surface area contributed by atoms with E-state index in [0.717, 1.165) is 3.39 Å². The van der Waals surface area contributed by atoms with Gasteiger partial charge in [-0.25, -0.2) is 4.39 Å². The molecule has 0 heterocycles. The van der Waals surface area contributed by atoms with Gasteiger partial charge in [0.1, 0.15) is 11.8 Å². The number of carbonyl (C=O) groups is 1. The zero-order valence-corrected chi connectivity index (χ0v) is 18.9. The van der Waals surface area contributed by atoms with Crippen LogP contribution in [0.25, 0.3) is 0 Å². The molecule has 2 aromatic rings. The number of ether oxygens (including phenoxy) is 2. The highest BCUT2D eigenvalue weighted by Gasteiger charge is 2.61. The first-order valence-electron chi connectivity index (χ1n) is 8.89. The lowest BCUT2D eigenvalue weighted by molar-refractivity contribution is -0.149. The second-order valence-electron chi connectivity index (χ2n) is 7.33. The summed E-state index contributed by atoms with van der Waals surface area (Å²) in [6.07, 6.45) is 0.830. The molecule has 3 rings (SSSR count). The van der Waals surface area contributed by atoms with Crippen molar-refractivity contribution in [1.29, 1.82) is 5.26 Å². The van der Waals surface area contributed by atoms with Crippen LogP contribution in [-0.2, 0) is 9.53 Å². The Morgan fingerprint density at radius 1 is 1.24 bits per heavy atom. The van der Waals surface area contributed by atoms with Crippen LogP contribution in [-0.4, -0.2) is 5.97 Å². The van der Waals surface area contributed by atoms with Crippen molar-refractivity contribution in [2.24, 2.45) is 17.3 Å². The van der Waals surface area contributed by atoms with Gasteiger partial charge in [-0.1, -0.05) is 44.2 Å². The summed E-state index contributed by atoms with van der Waals surface area (Å²) in [6.45, 7) is 3.96. The molecular weight excluding hydrogens is 505 g/mol. The van der Waals surface area contributed by atoms with Crippen molar-refractivity contribution in [2.45, 2.75) is 20.0 Å². The van der Waals surface area contributed by atoms with Crippen molar-refractivity contribution in [3.05, 3.63) is 69.4 Å². The predicted molar refractivity (Wildman–Crippen MR) is 114 cm³/mol. The highest BCUT2D eigenvalue weighted by Crippen LogP contribution is 2.60. The number of para-hydroxylation sites is 1. The molecule has 1 saturated carbocycles. The second kappa shape index (κ2) is 8.68. The van der Waals surface area contributed by atoms with E-state index in [1.807, 2.05) is 26.0 Å². The molecule has 150 valence electrons. The molecule has 0 radical (unpaired) electrons. The molecule has 2 aromatic carbocycles. The Labute approximate surface area is 185 Å². The molecule has 1 aliphatic carbocycles. The first-order valence-corrected chi connectivity index (χ1v) is 10.5. The maximum Gasteiger partial charge on any atom is 0.311 e. The Bertz CT molecular complexity index is 996. The third-order valence-electron chi connectivity index (χ3n) is 5.05. The fourth-order valence-corrected chi connectivity index (χ4v) is 3.90. The summed E-state index contributed by atoms with van der Waals surface area (Å²) in [5.41, 5.74) is 0.210. The summed E-state index contributed by atoms with van der Waals surface area (Å²) in [4.78, 5) is 12.7. The maximum atomic E-state index is 13.8. The van der Waals surface area contributed by atoms with Crippen LogP contribution in [0.5, 0.6) is 11.5 Å². The van der Waals surface area contributed by atoms with Gasteiger partial charge in [-0.3, -0.25) is 4.79 Å². The molecule has 0 N–H and O–H groups in total. The Morgan fingerprint density at radius 3 is 2.62 bits per heavy atom. The molecule has 1 aliphatic rings. The van der Waals surface area contributed by atoms with Gasteiger partial charge in [-0.05, 0) is 67.5 Å². The first kappa shape index (κ1) is 21.5. The van der Waals surface area contributed by atoms with Gasteiger partial charge in [-0.15, -0.1) is 0 Å². The Balaban J connectivity index is 1.74. The number of nitrogens with zero attached hydrogens (tertiary/aromatic N) is 1. The average molecular weight is 523 g/mol. The number of allylic oxidation sites excluding steroid dienone is 1. The van der Waals surface area contributed by atoms with Gasteiger partial charge in [-0.2, -0.15) is 5.26 Å². The van der Waals surface area contributed by atoms with Crippen molar-refractivity contribution < 1.29 is 18.7 Å². The summed E-state index contributed by atoms with van der Waals surface area (Å²) in [5.74, 6) is -0.816. The third kappa shape index (κ3) is 4.88. The number of halogens is 3. The minimum atomic E-state index is -1.08. The summed E-state index contributed by atoms with van der Waals surface area (Å²) >= 11 is 6.63. The lowest BCUT2D eigenvalue weighted by Gasteiger charge is -2.14. The van der Waals surface area contributed by atoms with E-state index in [4.69, 9.17) is 9.47 Å². The molecule has 0 spiro atoms. The van der Waals surface area contributed by atoms with Gasteiger partial charge in [0.15, 0.2) is 11.6 Å². The number of hydrogen-bond donors (Lipinski definition) is 0. The van der Waals surface area contributed by atoms with E-state index in [2.05, 4.69) is 31.9 Å². The molecule has 29 heavy (non-hydrogen) atoms. The van der Waals surface area contributed by atoms with Crippen LogP contribution >= 0.6 is 31.9 Å². The van der Waals surface area contributed by atoms with Gasteiger partial charge in [0.25, 0.3) is 0 Å². The Hall–Kier alpha value is -2.17. The van der Waals surface area contributed by atoms with E-state index in [0.29, 0.717) is 11.3 Å². The van der Waals surface area contributed by atoms with E-state index >= 15 is 0 Å². The minimum Gasteiger partial charge on any atom is -0.454 e. The molecule has 0 saturated heterocycles. The SMILES string of the molecule is CC1(C)C(C=C(Br)Br)C1C(=O)OC(C#N)c1cccc(Oc2ccccc2F)c1. The van der Waals surface area contributed by atoms with E-state index in [9.17, 15) is 14.4 Å². The molecule has 3 atom stereocenters. The average Bonchev–Trinajstić information content (AvgIpc) is 3.21. The van der Waals surface area contributed by atoms with Gasteiger partial charge in [0.05, 0.1) is 9.31 Å². The highest BCUT2D eigenvalue weighted by atomic mass is 79.9. The zero-order chi connectivity index (χ0) is 21.2. The van der Waals surface area contributed by atoms with E-state index in [1.165, 1.54) is 12.1 Å². The summed E-state index contributed by atoms with van der Waals surface area (Å²) in [5, 5.41) is 9.54. The Kier molecular flexibility index (Phi) is 6.45. The molecule has 0 amide bonds. The van der Waals surface area contributed by atoms with Gasteiger partial charge in [0.2, 0.25) is 6.10 Å².